The van der Waals surface area contributed by atoms with E-state index >= 15 is 0 Å². The van der Waals surface area contributed by atoms with Crippen molar-refractivity contribution in [2.75, 3.05) is 45.9 Å². The molecule has 3 fully saturated rings. The molecule has 1 saturated carbocycles. The van der Waals surface area contributed by atoms with E-state index in [0.717, 1.165) is 77.2 Å². The van der Waals surface area contributed by atoms with Crippen molar-refractivity contribution in [1.29, 1.82) is 0 Å². The number of nitrogens with zero attached hydrogens (tertiary/aromatic N) is 2. The van der Waals surface area contributed by atoms with Crippen LogP contribution in [0.2, 0.25) is 0 Å². The Kier molecular flexibility index (Phi) is 5.55. The molecule has 5 heteroatoms. The predicted octanol–water partition coefficient (Wildman–Crippen LogP) is 2.89. The second-order valence-corrected chi connectivity index (χ2v) is 8.05. The first-order valence-electron chi connectivity index (χ1n) is 10.0. The van der Waals surface area contributed by atoms with Crippen molar-refractivity contribution in [3.63, 3.8) is 0 Å². The number of amides is 1. The van der Waals surface area contributed by atoms with Gasteiger partial charge in [-0.2, -0.15) is 0 Å². The summed E-state index contributed by atoms with van der Waals surface area (Å²) >= 11 is 0. The van der Waals surface area contributed by atoms with Crippen molar-refractivity contribution in [2.24, 2.45) is 11.8 Å². The standard InChI is InChI=1S/C21H29FN2O2/c22-19-5-3-18(4-6-19)20(17-1-2-17)21(25)24-9-7-16(8-10-24)15-23-11-13-26-14-12-23/h3-6,16-17,20H,1-2,7-15H2. The number of rotatable bonds is 5. The molecule has 142 valence electrons. The van der Waals surface area contributed by atoms with E-state index in [2.05, 4.69) is 9.80 Å². The van der Waals surface area contributed by atoms with E-state index in [9.17, 15) is 9.18 Å². The number of piperidine rings is 1. The number of likely N-dealkylation sites (tertiary alicyclic amines) is 1. The highest BCUT2D eigenvalue weighted by Crippen LogP contribution is 2.44. The zero-order valence-corrected chi connectivity index (χ0v) is 15.4. The van der Waals surface area contributed by atoms with E-state index in [0.29, 0.717) is 11.8 Å². The van der Waals surface area contributed by atoms with Crippen molar-refractivity contribution in [1.82, 2.24) is 9.80 Å². The summed E-state index contributed by atoms with van der Waals surface area (Å²) in [5.41, 5.74) is 0.981. The van der Waals surface area contributed by atoms with E-state index < -0.39 is 0 Å². The summed E-state index contributed by atoms with van der Waals surface area (Å²) in [5, 5.41) is 0. The fourth-order valence-corrected chi connectivity index (χ4v) is 4.40. The molecule has 4 rings (SSSR count). The molecule has 2 heterocycles. The first-order chi connectivity index (χ1) is 12.7. The second kappa shape index (κ2) is 8.05. The first kappa shape index (κ1) is 17.9. The molecule has 0 aromatic heterocycles. The minimum atomic E-state index is -0.236. The summed E-state index contributed by atoms with van der Waals surface area (Å²) in [6.45, 7) is 6.61. The third-order valence-corrected chi connectivity index (χ3v) is 6.13. The maximum absolute atomic E-state index is 13.3. The number of halogens is 1. The van der Waals surface area contributed by atoms with Crippen LogP contribution < -0.4 is 0 Å². The molecular formula is C21H29FN2O2. The van der Waals surface area contributed by atoms with Gasteiger partial charge in [-0.1, -0.05) is 12.1 Å². The number of hydrogen-bond acceptors (Lipinski definition) is 3. The van der Waals surface area contributed by atoms with Gasteiger partial charge in [-0.05, 0) is 55.2 Å². The molecule has 1 aliphatic carbocycles. The molecule has 4 nitrogen and oxygen atoms in total. The summed E-state index contributed by atoms with van der Waals surface area (Å²) in [6, 6.07) is 6.54. The second-order valence-electron chi connectivity index (χ2n) is 8.05. The van der Waals surface area contributed by atoms with Crippen LogP contribution in [0.25, 0.3) is 0 Å². The molecule has 0 N–H and O–H groups in total. The normalized spacial score (nSPS) is 23.8. The van der Waals surface area contributed by atoms with Crippen molar-refractivity contribution in [2.45, 2.75) is 31.6 Å². The maximum Gasteiger partial charge on any atom is 0.230 e. The van der Waals surface area contributed by atoms with Gasteiger partial charge in [0.05, 0.1) is 19.1 Å². The van der Waals surface area contributed by atoms with Gasteiger partial charge >= 0.3 is 0 Å². The Morgan fingerprint density at radius 3 is 2.31 bits per heavy atom. The molecule has 0 radical (unpaired) electrons. The van der Waals surface area contributed by atoms with Crippen LogP contribution in [0.1, 0.15) is 37.2 Å². The van der Waals surface area contributed by atoms with Gasteiger partial charge in [-0.15, -0.1) is 0 Å². The molecule has 1 amide bonds. The number of benzene rings is 1. The third kappa shape index (κ3) is 4.26. The van der Waals surface area contributed by atoms with E-state index in [4.69, 9.17) is 4.74 Å². The lowest BCUT2D eigenvalue weighted by Crippen LogP contribution is -2.45. The summed E-state index contributed by atoms with van der Waals surface area (Å²) in [6.07, 6.45) is 4.40. The smallest absolute Gasteiger partial charge is 0.230 e. The average molecular weight is 360 g/mol. The molecule has 1 aromatic carbocycles. The van der Waals surface area contributed by atoms with Gasteiger partial charge in [0.25, 0.3) is 0 Å². The first-order valence-corrected chi connectivity index (χ1v) is 10.0. The monoisotopic (exact) mass is 360 g/mol. The quantitative estimate of drug-likeness (QED) is 0.809. The summed E-state index contributed by atoms with van der Waals surface area (Å²) < 4.78 is 18.7. The van der Waals surface area contributed by atoms with E-state index in [-0.39, 0.29) is 17.6 Å². The van der Waals surface area contributed by atoms with E-state index in [1.807, 2.05) is 0 Å². The average Bonchev–Trinajstić information content (AvgIpc) is 3.50. The number of carbonyl (C=O) groups excluding carboxylic acids is 1. The molecule has 2 saturated heterocycles. The van der Waals surface area contributed by atoms with Crippen molar-refractivity contribution in [3.8, 4) is 0 Å². The van der Waals surface area contributed by atoms with Crippen LogP contribution in [-0.2, 0) is 9.53 Å². The van der Waals surface area contributed by atoms with Gasteiger partial charge in [0, 0.05) is 32.7 Å². The molecule has 3 aliphatic rings. The topological polar surface area (TPSA) is 32.8 Å². The zero-order chi connectivity index (χ0) is 17.9. The molecule has 1 aromatic rings. The Morgan fingerprint density at radius 1 is 1.04 bits per heavy atom. The van der Waals surface area contributed by atoms with E-state index in [1.54, 1.807) is 12.1 Å². The Balaban J connectivity index is 1.33. The number of hydrogen-bond donors (Lipinski definition) is 0. The maximum atomic E-state index is 13.3. The van der Waals surface area contributed by atoms with Gasteiger partial charge in [-0.3, -0.25) is 9.69 Å². The molecule has 1 atom stereocenters. The SMILES string of the molecule is O=C(C(c1ccc(F)cc1)C1CC1)N1CCC(CN2CCOCC2)CC1. The number of ether oxygens (including phenoxy) is 1. The van der Waals surface area contributed by atoms with Gasteiger partial charge in [-0.25, -0.2) is 4.39 Å². The van der Waals surface area contributed by atoms with Gasteiger partial charge in [0.2, 0.25) is 5.91 Å². The number of carbonyl (C=O) groups is 1. The van der Waals surface area contributed by atoms with Gasteiger partial charge < -0.3 is 9.64 Å². The van der Waals surface area contributed by atoms with Crippen LogP contribution in [0, 0.1) is 17.7 Å². The highest BCUT2D eigenvalue weighted by atomic mass is 19.1. The predicted molar refractivity (Wildman–Crippen MR) is 98.4 cm³/mol. The lowest BCUT2D eigenvalue weighted by atomic mass is 9.90. The van der Waals surface area contributed by atoms with Crippen molar-refractivity contribution in [3.05, 3.63) is 35.6 Å². The third-order valence-electron chi connectivity index (χ3n) is 6.13. The molecule has 0 bridgehead atoms. The minimum Gasteiger partial charge on any atom is -0.379 e. The summed E-state index contributed by atoms with van der Waals surface area (Å²) in [4.78, 5) is 17.7. The van der Waals surface area contributed by atoms with Crippen LogP contribution in [0.15, 0.2) is 24.3 Å². The highest BCUT2D eigenvalue weighted by molar-refractivity contribution is 5.84. The zero-order valence-electron chi connectivity index (χ0n) is 15.4. The van der Waals surface area contributed by atoms with Crippen LogP contribution >= 0.6 is 0 Å². The Hall–Kier alpha value is -1.46. The molecule has 1 unspecified atom stereocenters. The Bertz CT molecular complexity index is 603. The summed E-state index contributed by atoms with van der Waals surface area (Å²) in [7, 11) is 0. The number of morpholine rings is 1. The van der Waals surface area contributed by atoms with Crippen molar-refractivity contribution >= 4 is 5.91 Å². The van der Waals surface area contributed by atoms with Crippen LogP contribution in [0.5, 0.6) is 0 Å². The van der Waals surface area contributed by atoms with Crippen LogP contribution in [0.4, 0.5) is 4.39 Å². The largest absolute Gasteiger partial charge is 0.379 e. The lowest BCUT2D eigenvalue weighted by Gasteiger charge is -2.37. The van der Waals surface area contributed by atoms with Crippen molar-refractivity contribution < 1.29 is 13.9 Å². The molecule has 26 heavy (non-hydrogen) atoms. The fourth-order valence-electron chi connectivity index (χ4n) is 4.40. The van der Waals surface area contributed by atoms with Gasteiger partial charge in [0.15, 0.2) is 0 Å². The van der Waals surface area contributed by atoms with E-state index in [1.165, 1.54) is 12.1 Å². The lowest BCUT2D eigenvalue weighted by molar-refractivity contribution is -0.134. The van der Waals surface area contributed by atoms with Crippen LogP contribution in [-0.4, -0.2) is 61.6 Å². The highest BCUT2D eigenvalue weighted by Gasteiger charge is 2.40. The Labute approximate surface area is 155 Å². The van der Waals surface area contributed by atoms with Crippen LogP contribution in [0.3, 0.4) is 0 Å². The molecule has 0 spiro atoms. The fraction of sp³-hybridized carbons (Fsp3) is 0.667. The van der Waals surface area contributed by atoms with Gasteiger partial charge in [0.1, 0.15) is 5.82 Å². The molecule has 2 aliphatic heterocycles. The minimum absolute atomic E-state index is 0.0774. The molecular weight excluding hydrogens is 331 g/mol. The Morgan fingerprint density at radius 2 is 1.69 bits per heavy atom. The summed E-state index contributed by atoms with van der Waals surface area (Å²) in [5.74, 6) is 1.07.